The molecule has 5 nitrogen and oxygen atoms in total. The van der Waals surface area contributed by atoms with Crippen molar-refractivity contribution >= 4 is 11.6 Å². The zero-order valence-electron chi connectivity index (χ0n) is 11.6. The first kappa shape index (κ1) is 15.0. The molecule has 0 unspecified atom stereocenters. The monoisotopic (exact) mass is 295 g/mol. The Balaban J connectivity index is 2.10. The van der Waals surface area contributed by atoms with Crippen molar-refractivity contribution in [3.63, 3.8) is 0 Å². The van der Waals surface area contributed by atoms with Crippen LogP contribution in [0.5, 0.6) is 5.75 Å². The van der Waals surface area contributed by atoms with Crippen molar-refractivity contribution in [3.05, 3.63) is 41.7 Å². The lowest BCUT2D eigenvalue weighted by molar-refractivity contribution is -0.0498. The quantitative estimate of drug-likeness (QED) is 0.922. The lowest BCUT2D eigenvalue weighted by Gasteiger charge is -2.10. The summed E-state index contributed by atoms with van der Waals surface area (Å²) in [4.78, 5) is 12.0. The van der Waals surface area contributed by atoms with E-state index in [1.165, 1.54) is 24.4 Å². The Labute approximate surface area is 120 Å². The van der Waals surface area contributed by atoms with Crippen molar-refractivity contribution in [2.75, 3.05) is 5.32 Å². The van der Waals surface area contributed by atoms with Gasteiger partial charge in [0.15, 0.2) is 0 Å². The lowest BCUT2D eigenvalue weighted by Crippen LogP contribution is -2.12. The number of nitrogens with one attached hydrogen (secondary N) is 1. The van der Waals surface area contributed by atoms with Gasteiger partial charge in [-0.3, -0.25) is 9.48 Å². The van der Waals surface area contributed by atoms with Gasteiger partial charge in [0, 0.05) is 18.4 Å². The van der Waals surface area contributed by atoms with Crippen molar-refractivity contribution in [1.29, 1.82) is 0 Å². The van der Waals surface area contributed by atoms with Gasteiger partial charge >= 0.3 is 6.61 Å². The fraction of sp³-hybridized carbons (Fsp3) is 0.286. The number of amides is 1. The summed E-state index contributed by atoms with van der Waals surface area (Å²) >= 11 is 0. The number of aryl methyl sites for hydroxylation is 2. The second-order valence-corrected chi connectivity index (χ2v) is 4.39. The van der Waals surface area contributed by atoms with Crippen LogP contribution < -0.4 is 10.1 Å². The summed E-state index contributed by atoms with van der Waals surface area (Å²) in [6.45, 7) is 1.42. The van der Waals surface area contributed by atoms with E-state index in [9.17, 15) is 13.6 Å². The maximum Gasteiger partial charge on any atom is 0.387 e. The van der Waals surface area contributed by atoms with E-state index in [2.05, 4.69) is 15.2 Å². The standard InChI is InChI=1S/C14H15F2N3O2/c1-3-19-8-10(7-17-19)13(20)18-12-5-4-11(6-9(12)2)21-14(15)16/h4-8,14H,3H2,1-2H3,(H,18,20). The molecule has 2 rings (SSSR count). The SMILES string of the molecule is CCn1cc(C(=O)Nc2ccc(OC(F)F)cc2C)cn1. The fourth-order valence-electron chi connectivity index (χ4n) is 1.80. The van der Waals surface area contributed by atoms with Crippen LogP contribution in [0.1, 0.15) is 22.8 Å². The number of benzene rings is 1. The van der Waals surface area contributed by atoms with Gasteiger partial charge in [-0.05, 0) is 37.6 Å². The first-order valence-electron chi connectivity index (χ1n) is 6.39. The first-order valence-corrected chi connectivity index (χ1v) is 6.39. The summed E-state index contributed by atoms with van der Waals surface area (Å²) in [5.41, 5.74) is 1.60. The molecule has 0 atom stereocenters. The minimum atomic E-state index is -2.87. The molecule has 1 N–H and O–H groups in total. The zero-order chi connectivity index (χ0) is 15.4. The molecule has 1 heterocycles. The van der Waals surface area contributed by atoms with Gasteiger partial charge in [-0.1, -0.05) is 0 Å². The molecule has 0 radical (unpaired) electrons. The highest BCUT2D eigenvalue weighted by molar-refractivity contribution is 6.04. The number of halogens is 2. The molecule has 0 aliphatic carbocycles. The van der Waals surface area contributed by atoms with Gasteiger partial charge in [-0.15, -0.1) is 0 Å². The van der Waals surface area contributed by atoms with Crippen molar-refractivity contribution in [1.82, 2.24) is 9.78 Å². The molecule has 0 bridgehead atoms. The van der Waals surface area contributed by atoms with Gasteiger partial charge in [0.2, 0.25) is 0 Å². The van der Waals surface area contributed by atoms with E-state index in [4.69, 9.17) is 0 Å². The molecule has 1 amide bonds. The maximum atomic E-state index is 12.1. The smallest absolute Gasteiger partial charge is 0.387 e. The van der Waals surface area contributed by atoms with Crippen LogP contribution in [0.4, 0.5) is 14.5 Å². The van der Waals surface area contributed by atoms with Crippen molar-refractivity contribution in [2.24, 2.45) is 0 Å². The summed E-state index contributed by atoms with van der Waals surface area (Å²) in [6, 6.07) is 4.34. The lowest BCUT2D eigenvalue weighted by atomic mass is 10.2. The minimum absolute atomic E-state index is 0.0549. The predicted molar refractivity (Wildman–Crippen MR) is 73.7 cm³/mol. The van der Waals surface area contributed by atoms with E-state index in [1.54, 1.807) is 17.8 Å². The molecule has 1 aromatic heterocycles. The van der Waals surface area contributed by atoms with Crippen LogP contribution in [-0.2, 0) is 6.54 Å². The third kappa shape index (κ3) is 3.77. The number of carbonyl (C=O) groups excluding carboxylic acids is 1. The molecule has 0 aliphatic heterocycles. The summed E-state index contributed by atoms with van der Waals surface area (Å²) in [7, 11) is 0. The average Bonchev–Trinajstić information content (AvgIpc) is 2.90. The normalized spacial score (nSPS) is 10.7. The average molecular weight is 295 g/mol. The second-order valence-electron chi connectivity index (χ2n) is 4.39. The van der Waals surface area contributed by atoms with Crippen molar-refractivity contribution in [3.8, 4) is 5.75 Å². The van der Waals surface area contributed by atoms with E-state index in [0.29, 0.717) is 23.4 Å². The van der Waals surface area contributed by atoms with Gasteiger partial charge in [0.25, 0.3) is 5.91 Å². The number of rotatable bonds is 5. The Morgan fingerprint density at radius 1 is 1.48 bits per heavy atom. The van der Waals surface area contributed by atoms with Crippen LogP contribution in [0, 0.1) is 6.92 Å². The van der Waals surface area contributed by atoms with Gasteiger partial charge in [0.1, 0.15) is 5.75 Å². The van der Waals surface area contributed by atoms with Crippen LogP contribution in [0.25, 0.3) is 0 Å². The molecule has 0 aliphatic rings. The van der Waals surface area contributed by atoms with Gasteiger partial charge in [0.05, 0.1) is 11.8 Å². The number of hydrogen-bond donors (Lipinski definition) is 1. The summed E-state index contributed by atoms with van der Waals surface area (Å²) < 4.78 is 30.2. The fourth-order valence-corrected chi connectivity index (χ4v) is 1.80. The van der Waals surface area contributed by atoms with Gasteiger partial charge in [-0.2, -0.15) is 13.9 Å². The van der Waals surface area contributed by atoms with E-state index < -0.39 is 6.61 Å². The Bertz CT molecular complexity index is 641. The molecule has 0 saturated carbocycles. The molecule has 0 fully saturated rings. The summed E-state index contributed by atoms with van der Waals surface area (Å²) in [6.07, 6.45) is 3.11. The van der Waals surface area contributed by atoms with Crippen LogP contribution >= 0.6 is 0 Å². The Hall–Kier alpha value is -2.44. The molecule has 112 valence electrons. The van der Waals surface area contributed by atoms with Crippen molar-refractivity contribution < 1.29 is 18.3 Å². The largest absolute Gasteiger partial charge is 0.435 e. The Morgan fingerprint density at radius 3 is 2.81 bits per heavy atom. The van der Waals surface area contributed by atoms with Crippen LogP contribution in [0.15, 0.2) is 30.6 Å². The summed E-state index contributed by atoms with van der Waals surface area (Å²) in [5.74, 6) is -0.250. The molecule has 0 spiro atoms. The molecular formula is C14H15F2N3O2. The number of hydrogen-bond acceptors (Lipinski definition) is 3. The number of aromatic nitrogens is 2. The summed E-state index contributed by atoms with van der Waals surface area (Å²) in [5, 5.41) is 6.73. The number of alkyl halides is 2. The van der Waals surface area contributed by atoms with E-state index >= 15 is 0 Å². The van der Waals surface area contributed by atoms with Crippen LogP contribution in [0.2, 0.25) is 0 Å². The topological polar surface area (TPSA) is 56.2 Å². The highest BCUT2D eigenvalue weighted by Crippen LogP contribution is 2.23. The van der Waals surface area contributed by atoms with Crippen LogP contribution in [0.3, 0.4) is 0 Å². The molecular weight excluding hydrogens is 280 g/mol. The molecule has 0 saturated heterocycles. The highest BCUT2D eigenvalue weighted by Gasteiger charge is 2.11. The predicted octanol–water partition coefficient (Wildman–Crippen LogP) is 3.07. The number of ether oxygens (including phenoxy) is 1. The molecule has 2 aromatic rings. The maximum absolute atomic E-state index is 12.1. The van der Waals surface area contributed by atoms with Crippen LogP contribution in [-0.4, -0.2) is 22.3 Å². The molecule has 1 aromatic carbocycles. The van der Waals surface area contributed by atoms with Gasteiger partial charge < -0.3 is 10.1 Å². The first-order chi connectivity index (χ1) is 9.99. The Kier molecular flexibility index (Phi) is 4.52. The third-order valence-electron chi connectivity index (χ3n) is 2.89. The van der Waals surface area contributed by atoms with E-state index in [-0.39, 0.29) is 11.7 Å². The third-order valence-corrected chi connectivity index (χ3v) is 2.89. The van der Waals surface area contributed by atoms with E-state index in [1.807, 2.05) is 6.92 Å². The molecule has 7 heteroatoms. The van der Waals surface area contributed by atoms with Gasteiger partial charge in [-0.25, -0.2) is 0 Å². The minimum Gasteiger partial charge on any atom is -0.435 e. The molecule has 21 heavy (non-hydrogen) atoms. The van der Waals surface area contributed by atoms with Crippen molar-refractivity contribution in [2.45, 2.75) is 27.0 Å². The number of carbonyl (C=O) groups is 1. The van der Waals surface area contributed by atoms with E-state index in [0.717, 1.165) is 0 Å². The second kappa shape index (κ2) is 6.34. The zero-order valence-corrected chi connectivity index (χ0v) is 11.6. The number of nitrogens with zero attached hydrogens (tertiary/aromatic N) is 2. The highest BCUT2D eigenvalue weighted by atomic mass is 19.3. The Morgan fingerprint density at radius 2 is 2.24 bits per heavy atom. The number of anilines is 1.